The van der Waals surface area contributed by atoms with Crippen LogP contribution in [0.4, 0.5) is 0 Å². The molecule has 1 aromatic rings. The maximum absolute atomic E-state index is 9.07. The van der Waals surface area contributed by atoms with Gasteiger partial charge < -0.3 is 9.84 Å². The van der Waals surface area contributed by atoms with Crippen LogP contribution in [-0.2, 0) is 11.3 Å². The summed E-state index contributed by atoms with van der Waals surface area (Å²) in [6.07, 6.45) is 4.05. The van der Waals surface area contributed by atoms with Gasteiger partial charge in [0.2, 0.25) is 0 Å². The van der Waals surface area contributed by atoms with Gasteiger partial charge in [-0.25, -0.2) is 0 Å². The number of hydrogen-bond donors (Lipinski definition) is 1. The Bertz CT molecular complexity index is 257. The molecule has 1 N–H and O–H groups in total. The summed E-state index contributed by atoms with van der Waals surface area (Å²) in [7, 11) is 0. The first-order valence-electron chi connectivity index (χ1n) is 6.09. The van der Waals surface area contributed by atoms with Gasteiger partial charge in [-0.1, -0.05) is 43.2 Å². The molecule has 1 atom stereocenters. The highest BCUT2D eigenvalue weighted by Crippen LogP contribution is 2.05. The molecule has 1 rings (SSSR count). The third-order valence-corrected chi connectivity index (χ3v) is 2.52. The summed E-state index contributed by atoms with van der Waals surface area (Å²) in [5.41, 5.74) is 1.23. The van der Waals surface area contributed by atoms with Crippen LogP contribution in [0.2, 0.25) is 0 Å². The van der Waals surface area contributed by atoms with Gasteiger partial charge in [0.1, 0.15) is 0 Å². The fourth-order valence-electron chi connectivity index (χ4n) is 1.58. The summed E-state index contributed by atoms with van der Waals surface area (Å²) in [4.78, 5) is 0. The molecular formula is C14H22O2. The van der Waals surface area contributed by atoms with E-state index in [1.54, 1.807) is 0 Å². The number of hydrogen-bond acceptors (Lipinski definition) is 2. The molecule has 0 aromatic heterocycles. The Kier molecular flexibility index (Phi) is 6.86. The van der Waals surface area contributed by atoms with Crippen molar-refractivity contribution in [1.29, 1.82) is 0 Å². The molecule has 0 amide bonds. The molecule has 2 heteroatoms. The van der Waals surface area contributed by atoms with Crippen LogP contribution in [0.25, 0.3) is 0 Å². The van der Waals surface area contributed by atoms with Crippen LogP contribution in [-0.4, -0.2) is 17.8 Å². The van der Waals surface area contributed by atoms with E-state index in [1.807, 2.05) is 25.1 Å². The van der Waals surface area contributed by atoms with E-state index in [-0.39, 0.29) is 6.10 Å². The Labute approximate surface area is 98.3 Å². The minimum absolute atomic E-state index is 0.162. The van der Waals surface area contributed by atoms with Gasteiger partial charge in [-0.3, -0.25) is 0 Å². The lowest BCUT2D eigenvalue weighted by atomic mass is 10.1. The highest BCUT2D eigenvalue weighted by atomic mass is 16.5. The molecule has 16 heavy (non-hydrogen) atoms. The molecule has 0 spiro atoms. The Hall–Kier alpha value is -0.860. The van der Waals surface area contributed by atoms with Gasteiger partial charge >= 0.3 is 0 Å². The number of aliphatic hydroxyl groups excluding tert-OH is 1. The second kappa shape index (κ2) is 8.31. The second-order valence-electron chi connectivity index (χ2n) is 4.24. The predicted octanol–water partition coefficient (Wildman–Crippen LogP) is 3.14. The molecular weight excluding hydrogens is 200 g/mol. The van der Waals surface area contributed by atoms with Crippen molar-refractivity contribution in [3.8, 4) is 0 Å². The Morgan fingerprint density at radius 2 is 1.88 bits per heavy atom. The van der Waals surface area contributed by atoms with Gasteiger partial charge in [0.15, 0.2) is 0 Å². The average Bonchev–Trinajstić information content (AvgIpc) is 2.29. The molecule has 0 fully saturated rings. The molecule has 90 valence electrons. The van der Waals surface area contributed by atoms with Crippen LogP contribution in [0.1, 0.15) is 38.2 Å². The van der Waals surface area contributed by atoms with Crippen molar-refractivity contribution in [1.82, 2.24) is 0 Å². The summed E-state index contributed by atoms with van der Waals surface area (Å²) in [6, 6.07) is 10.2. The average molecular weight is 222 g/mol. The SMILES string of the molecule is CC(O)CCCCCOCc1ccccc1. The number of unbranched alkanes of at least 4 members (excludes halogenated alkanes) is 2. The molecule has 0 aliphatic heterocycles. The van der Waals surface area contributed by atoms with E-state index in [0.717, 1.165) is 32.3 Å². The van der Waals surface area contributed by atoms with E-state index < -0.39 is 0 Å². The van der Waals surface area contributed by atoms with E-state index in [9.17, 15) is 0 Å². The summed E-state index contributed by atoms with van der Waals surface area (Å²) in [5.74, 6) is 0. The van der Waals surface area contributed by atoms with Crippen LogP contribution >= 0.6 is 0 Å². The van der Waals surface area contributed by atoms with Gasteiger partial charge in [0, 0.05) is 6.61 Å². The first-order chi connectivity index (χ1) is 7.79. The molecule has 2 nitrogen and oxygen atoms in total. The number of benzene rings is 1. The third kappa shape index (κ3) is 6.59. The molecule has 0 bridgehead atoms. The van der Waals surface area contributed by atoms with Gasteiger partial charge in [-0.2, -0.15) is 0 Å². The fourth-order valence-corrected chi connectivity index (χ4v) is 1.58. The molecule has 0 heterocycles. The predicted molar refractivity (Wildman–Crippen MR) is 66.2 cm³/mol. The number of rotatable bonds is 8. The molecule has 0 saturated carbocycles. The van der Waals surface area contributed by atoms with Gasteiger partial charge in [0.25, 0.3) is 0 Å². The van der Waals surface area contributed by atoms with Crippen molar-refractivity contribution >= 4 is 0 Å². The van der Waals surface area contributed by atoms with Crippen LogP contribution in [0.3, 0.4) is 0 Å². The van der Waals surface area contributed by atoms with E-state index in [4.69, 9.17) is 9.84 Å². The molecule has 0 aliphatic carbocycles. The number of aliphatic hydroxyl groups is 1. The Balaban J connectivity index is 1.93. The van der Waals surface area contributed by atoms with Crippen LogP contribution in [0, 0.1) is 0 Å². The second-order valence-corrected chi connectivity index (χ2v) is 4.24. The van der Waals surface area contributed by atoms with Crippen LogP contribution in [0.15, 0.2) is 30.3 Å². The molecule has 0 saturated heterocycles. The first-order valence-corrected chi connectivity index (χ1v) is 6.09. The van der Waals surface area contributed by atoms with E-state index in [2.05, 4.69) is 12.1 Å². The van der Waals surface area contributed by atoms with E-state index >= 15 is 0 Å². The summed E-state index contributed by atoms with van der Waals surface area (Å²) < 4.78 is 5.56. The zero-order valence-corrected chi connectivity index (χ0v) is 10.1. The van der Waals surface area contributed by atoms with Crippen LogP contribution in [0.5, 0.6) is 0 Å². The smallest absolute Gasteiger partial charge is 0.0716 e. The largest absolute Gasteiger partial charge is 0.393 e. The van der Waals surface area contributed by atoms with Crippen LogP contribution < -0.4 is 0 Å². The summed E-state index contributed by atoms with van der Waals surface area (Å²) >= 11 is 0. The molecule has 0 radical (unpaired) electrons. The molecule has 1 aromatic carbocycles. The summed E-state index contributed by atoms with van der Waals surface area (Å²) in [6.45, 7) is 3.36. The zero-order chi connectivity index (χ0) is 11.6. The molecule has 0 aliphatic rings. The fraction of sp³-hybridized carbons (Fsp3) is 0.571. The maximum Gasteiger partial charge on any atom is 0.0716 e. The highest BCUT2D eigenvalue weighted by molar-refractivity contribution is 5.13. The maximum atomic E-state index is 9.07. The van der Waals surface area contributed by atoms with Crippen molar-refractivity contribution in [3.05, 3.63) is 35.9 Å². The number of ether oxygens (including phenoxy) is 1. The monoisotopic (exact) mass is 222 g/mol. The minimum atomic E-state index is -0.162. The van der Waals surface area contributed by atoms with Gasteiger partial charge in [-0.05, 0) is 25.3 Å². The van der Waals surface area contributed by atoms with Crippen molar-refractivity contribution in [2.45, 2.75) is 45.3 Å². The quantitative estimate of drug-likeness (QED) is 0.685. The Morgan fingerprint density at radius 3 is 2.56 bits per heavy atom. The standard InChI is InChI=1S/C14H22O2/c1-13(15)8-4-3-7-11-16-12-14-9-5-2-6-10-14/h2,5-6,9-10,13,15H,3-4,7-8,11-12H2,1H3. The first kappa shape index (κ1) is 13.2. The lowest BCUT2D eigenvalue weighted by Gasteiger charge is -2.05. The zero-order valence-electron chi connectivity index (χ0n) is 10.1. The summed E-state index contributed by atoms with van der Waals surface area (Å²) in [5, 5.41) is 9.07. The topological polar surface area (TPSA) is 29.5 Å². The molecule has 1 unspecified atom stereocenters. The van der Waals surface area contributed by atoms with Crippen molar-refractivity contribution in [3.63, 3.8) is 0 Å². The van der Waals surface area contributed by atoms with Crippen molar-refractivity contribution < 1.29 is 9.84 Å². The Morgan fingerprint density at radius 1 is 1.12 bits per heavy atom. The minimum Gasteiger partial charge on any atom is -0.393 e. The normalized spacial score (nSPS) is 12.6. The highest BCUT2D eigenvalue weighted by Gasteiger charge is 1.96. The van der Waals surface area contributed by atoms with E-state index in [0.29, 0.717) is 6.61 Å². The van der Waals surface area contributed by atoms with Gasteiger partial charge in [0.05, 0.1) is 12.7 Å². The third-order valence-electron chi connectivity index (χ3n) is 2.52. The lowest BCUT2D eigenvalue weighted by molar-refractivity contribution is 0.115. The van der Waals surface area contributed by atoms with E-state index in [1.165, 1.54) is 5.56 Å². The van der Waals surface area contributed by atoms with Crippen molar-refractivity contribution in [2.75, 3.05) is 6.61 Å². The van der Waals surface area contributed by atoms with Gasteiger partial charge in [-0.15, -0.1) is 0 Å². The lowest BCUT2D eigenvalue weighted by Crippen LogP contribution is -2.00. The van der Waals surface area contributed by atoms with Crippen molar-refractivity contribution in [2.24, 2.45) is 0 Å².